The van der Waals surface area contributed by atoms with Gasteiger partial charge in [-0.15, -0.1) is 0 Å². The lowest BCUT2D eigenvalue weighted by Gasteiger charge is -2.09. The molecule has 0 unspecified atom stereocenters. The van der Waals surface area contributed by atoms with Crippen LogP contribution in [0.25, 0.3) is 11.3 Å². The van der Waals surface area contributed by atoms with Gasteiger partial charge in [0, 0.05) is 12.5 Å². The molecule has 2 aromatic carbocycles. The summed E-state index contributed by atoms with van der Waals surface area (Å²) < 4.78 is 5.63. The van der Waals surface area contributed by atoms with Gasteiger partial charge in [0.2, 0.25) is 0 Å². The fraction of sp³-hybridized carbons (Fsp3) is 0.190. The van der Waals surface area contributed by atoms with Gasteiger partial charge in [-0.05, 0) is 18.1 Å². The van der Waals surface area contributed by atoms with E-state index in [9.17, 15) is 9.59 Å². The van der Waals surface area contributed by atoms with E-state index in [1.807, 2.05) is 61.5 Å². The molecule has 0 atom stereocenters. The van der Waals surface area contributed by atoms with Crippen LogP contribution in [0.5, 0.6) is 5.75 Å². The SMILES string of the molecule is CCc1ccccc1OCC(=O)Nc1nc(-c2ccccc2)c(C(C)=O)s1. The number of ketones is 1. The third-order valence-electron chi connectivity index (χ3n) is 3.95. The Morgan fingerprint density at radius 2 is 1.78 bits per heavy atom. The van der Waals surface area contributed by atoms with E-state index in [0.717, 1.165) is 17.5 Å². The number of rotatable bonds is 7. The largest absolute Gasteiger partial charge is 0.483 e. The van der Waals surface area contributed by atoms with Crippen LogP contribution in [0.1, 0.15) is 29.1 Å². The molecule has 138 valence electrons. The number of benzene rings is 2. The van der Waals surface area contributed by atoms with Crippen LogP contribution in [0.15, 0.2) is 54.6 Å². The number of hydrogen-bond donors (Lipinski definition) is 1. The Morgan fingerprint density at radius 3 is 2.48 bits per heavy atom. The second kappa shape index (κ2) is 8.60. The van der Waals surface area contributed by atoms with E-state index >= 15 is 0 Å². The van der Waals surface area contributed by atoms with Gasteiger partial charge in [-0.1, -0.05) is 66.8 Å². The maximum absolute atomic E-state index is 12.3. The van der Waals surface area contributed by atoms with Crippen LogP contribution in [-0.2, 0) is 11.2 Å². The van der Waals surface area contributed by atoms with Gasteiger partial charge in [0.15, 0.2) is 17.5 Å². The highest BCUT2D eigenvalue weighted by Gasteiger charge is 2.18. The van der Waals surface area contributed by atoms with Gasteiger partial charge in [0.05, 0.1) is 10.6 Å². The van der Waals surface area contributed by atoms with E-state index < -0.39 is 0 Å². The van der Waals surface area contributed by atoms with Crippen molar-refractivity contribution >= 4 is 28.2 Å². The molecular weight excluding hydrogens is 360 g/mol. The molecule has 0 saturated heterocycles. The summed E-state index contributed by atoms with van der Waals surface area (Å²) in [6.45, 7) is 3.41. The van der Waals surface area contributed by atoms with Crippen LogP contribution in [0.4, 0.5) is 5.13 Å². The van der Waals surface area contributed by atoms with Crippen molar-refractivity contribution in [1.82, 2.24) is 4.98 Å². The summed E-state index contributed by atoms with van der Waals surface area (Å²) >= 11 is 1.17. The lowest BCUT2D eigenvalue weighted by molar-refractivity contribution is -0.118. The van der Waals surface area contributed by atoms with Crippen molar-refractivity contribution in [3.8, 4) is 17.0 Å². The fourth-order valence-electron chi connectivity index (χ4n) is 2.64. The molecule has 0 aliphatic rings. The Bertz CT molecular complexity index is 951. The van der Waals surface area contributed by atoms with Gasteiger partial charge in [-0.25, -0.2) is 4.98 Å². The molecule has 0 aliphatic carbocycles. The van der Waals surface area contributed by atoms with E-state index in [1.165, 1.54) is 18.3 Å². The Labute approximate surface area is 162 Å². The third-order valence-corrected chi connectivity index (χ3v) is 5.02. The van der Waals surface area contributed by atoms with Crippen LogP contribution in [-0.4, -0.2) is 23.3 Å². The summed E-state index contributed by atoms with van der Waals surface area (Å²) in [5.74, 6) is 0.299. The molecule has 1 N–H and O–H groups in total. The first kappa shape index (κ1) is 18.8. The molecule has 0 fully saturated rings. The summed E-state index contributed by atoms with van der Waals surface area (Å²) in [4.78, 5) is 29.2. The molecular formula is C21H20N2O3S. The minimum atomic E-state index is -0.315. The maximum Gasteiger partial charge on any atom is 0.264 e. The number of amides is 1. The highest BCUT2D eigenvalue weighted by molar-refractivity contribution is 7.18. The number of Topliss-reactive ketones (excluding diaryl/α,β-unsaturated/α-hetero) is 1. The van der Waals surface area contributed by atoms with Crippen molar-refractivity contribution in [2.24, 2.45) is 0 Å². The Kier molecular flexibility index (Phi) is 5.98. The summed E-state index contributed by atoms with van der Waals surface area (Å²) in [6, 6.07) is 17.1. The number of anilines is 1. The molecule has 6 heteroatoms. The number of thiazole rings is 1. The van der Waals surface area contributed by atoms with Crippen molar-refractivity contribution < 1.29 is 14.3 Å². The Balaban J connectivity index is 1.72. The van der Waals surface area contributed by atoms with Crippen LogP contribution in [0, 0.1) is 0 Å². The maximum atomic E-state index is 12.3. The van der Waals surface area contributed by atoms with E-state index in [-0.39, 0.29) is 18.3 Å². The predicted octanol–water partition coefficient (Wildman–Crippen LogP) is 4.59. The van der Waals surface area contributed by atoms with E-state index in [0.29, 0.717) is 21.5 Å². The normalized spacial score (nSPS) is 10.4. The van der Waals surface area contributed by atoms with E-state index in [2.05, 4.69) is 10.3 Å². The highest BCUT2D eigenvalue weighted by atomic mass is 32.1. The molecule has 0 spiro atoms. The van der Waals surface area contributed by atoms with Crippen molar-refractivity contribution in [2.75, 3.05) is 11.9 Å². The molecule has 1 aromatic heterocycles. The zero-order chi connectivity index (χ0) is 19.2. The number of hydrogen-bond acceptors (Lipinski definition) is 5. The van der Waals surface area contributed by atoms with Crippen molar-refractivity contribution in [3.63, 3.8) is 0 Å². The first-order valence-corrected chi connectivity index (χ1v) is 9.48. The quantitative estimate of drug-likeness (QED) is 0.609. The number of para-hydroxylation sites is 1. The fourth-order valence-corrected chi connectivity index (χ4v) is 3.54. The average molecular weight is 380 g/mol. The number of carbonyl (C=O) groups excluding carboxylic acids is 2. The first-order valence-electron chi connectivity index (χ1n) is 8.66. The minimum Gasteiger partial charge on any atom is -0.483 e. The van der Waals surface area contributed by atoms with Crippen LogP contribution >= 0.6 is 11.3 Å². The number of aryl methyl sites for hydroxylation is 1. The van der Waals surface area contributed by atoms with Crippen LogP contribution in [0.2, 0.25) is 0 Å². The first-order chi connectivity index (χ1) is 13.1. The smallest absolute Gasteiger partial charge is 0.264 e. The van der Waals surface area contributed by atoms with Crippen molar-refractivity contribution in [3.05, 3.63) is 65.0 Å². The van der Waals surface area contributed by atoms with Crippen LogP contribution < -0.4 is 10.1 Å². The number of carbonyl (C=O) groups is 2. The summed E-state index contributed by atoms with van der Waals surface area (Å²) in [5.41, 5.74) is 2.47. The monoisotopic (exact) mass is 380 g/mol. The van der Waals surface area contributed by atoms with Crippen molar-refractivity contribution in [1.29, 1.82) is 0 Å². The van der Waals surface area contributed by atoms with Gasteiger partial charge in [-0.3, -0.25) is 14.9 Å². The predicted molar refractivity (Wildman–Crippen MR) is 107 cm³/mol. The average Bonchev–Trinajstić information content (AvgIpc) is 3.11. The Morgan fingerprint density at radius 1 is 1.07 bits per heavy atom. The van der Waals surface area contributed by atoms with E-state index in [4.69, 9.17) is 4.74 Å². The standard InChI is InChI=1S/C21H20N2O3S/c1-3-15-9-7-8-12-17(15)26-13-18(25)22-21-23-19(20(27-21)14(2)24)16-10-5-4-6-11-16/h4-12H,3,13H2,1-2H3,(H,22,23,25). The summed E-state index contributed by atoms with van der Waals surface area (Å²) in [6.07, 6.45) is 0.826. The van der Waals surface area contributed by atoms with Gasteiger partial charge in [-0.2, -0.15) is 0 Å². The summed E-state index contributed by atoms with van der Waals surface area (Å²) in [5, 5.41) is 3.11. The van der Waals surface area contributed by atoms with Gasteiger partial charge >= 0.3 is 0 Å². The van der Waals surface area contributed by atoms with Crippen LogP contribution in [0.3, 0.4) is 0 Å². The van der Waals surface area contributed by atoms with E-state index in [1.54, 1.807) is 0 Å². The molecule has 5 nitrogen and oxygen atoms in total. The molecule has 0 radical (unpaired) electrons. The van der Waals surface area contributed by atoms with Gasteiger partial charge in [0.25, 0.3) is 5.91 Å². The molecule has 3 rings (SSSR count). The van der Waals surface area contributed by atoms with Crippen molar-refractivity contribution in [2.45, 2.75) is 20.3 Å². The Hall–Kier alpha value is -2.99. The molecule has 1 heterocycles. The zero-order valence-corrected chi connectivity index (χ0v) is 16.0. The number of nitrogens with zero attached hydrogens (tertiary/aromatic N) is 1. The lowest BCUT2D eigenvalue weighted by Crippen LogP contribution is -2.20. The molecule has 0 bridgehead atoms. The molecule has 3 aromatic rings. The molecule has 1 amide bonds. The minimum absolute atomic E-state index is 0.0834. The van der Waals surface area contributed by atoms with Gasteiger partial charge in [0.1, 0.15) is 5.75 Å². The highest BCUT2D eigenvalue weighted by Crippen LogP contribution is 2.31. The molecule has 27 heavy (non-hydrogen) atoms. The molecule has 0 aliphatic heterocycles. The van der Waals surface area contributed by atoms with Gasteiger partial charge < -0.3 is 4.74 Å². The number of aromatic nitrogens is 1. The number of nitrogens with one attached hydrogen (secondary N) is 1. The second-order valence-corrected chi connectivity index (χ2v) is 6.92. The topological polar surface area (TPSA) is 68.3 Å². The zero-order valence-electron chi connectivity index (χ0n) is 15.2. The third kappa shape index (κ3) is 4.60. The number of ether oxygens (including phenoxy) is 1. The summed E-state index contributed by atoms with van der Waals surface area (Å²) in [7, 11) is 0. The molecule has 0 saturated carbocycles. The lowest BCUT2D eigenvalue weighted by atomic mass is 10.1. The second-order valence-electron chi connectivity index (χ2n) is 5.92.